The minimum atomic E-state index is 0.680. The lowest BCUT2D eigenvalue weighted by atomic mass is 9.88. The van der Waals surface area contributed by atoms with Crippen molar-refractivity contribution in [3.63, 3.8) is 0 Å². The fraction of sp³-hybridized carbons (Fsp3) is 0.467. The fourth-order valence-corrected chi connectivity index (χ4v) is 3.25. The minimum Gasteiger partial charge on any atom is -0.361 e. The molecule has 90 valence electrons. The van der Waals surface area contributed by atoms with E-state index in [4.69, 9.17) is 0 Å². The number of nitrogens with zero attached hydrogens (tertiary/aromatic N) is 1. The zero-order chi connectivity index (χ0) is 11.8. The highest BCUT2D eigenvalue weighted by Crippen LogP contribution is 2.31. The summed E-state index contributed by atoms with van der Waals surface area (Å²) in [5.74, 6) is 0. The van der Waals surface area contributed by atoms with Crippen LogP contribution in [0.5, 0.6) is 0 Å². The number of hydrogen-bond acceptors (Lipinski definition) is 1. The summed E-state index contributed by atoms with van der Waals surface area (Å²) < 4.78 is 0. The number of nitrogens with one attached hydrogen (secondary N) is 1. The van der Waals surface area contributed by atoms with Crippen molar-refractivity contribution in [3.8, 4) is 0 Å². The van der Waals surface area contributed by atoms with E-state index >= 15 is 0 Å². The Kier molecular flexibility index (Phi) is 2.67. The summed E-state index contributed by atoms with van der Waals surface area (Å²) >= 11 is 0. The highest BCUT2D eigenvalue weighted by molar-refractivity contribution is 5.87. The Morgan fingerprint density at radius 1 is 1.18 bits per heavy atom. The van der Waals surface area contributed by atoms with Crippen LogP contribution in [0.4, 0.5) is 0 Å². The lowest BCUT2D eigenvalue weighted by Gasteiger charge is -2.32. The lowest BCUT2D eigenvalue weighted by molar-refractivity contribution is 0.212. The van der Waals surface area contributed by atoms with Gasteiger partial charge in [-0.2, -0.15) is 0 Å². The topological polar surface area (TPSA) is 19.0 Å². The maximum absolute atomic E-state index is 3.40. The van der Waals surface area contributed by atoms with Gasteiger partial charge >= 0.3 is 0 Å². The molecule has 0 spiro atoms. The van der Waals surface area contributed by atoms with Gasteiger partial charge in [-0.3, -0.25) is 0 Å². The van der Waals surface area contributed by atoms with Crippen molar-refractivity contribution in [1.82, 2.24) is 9.88 Å². The van der Waals surface area contributed by atoms with Crippen LogP contribution in [0.25, 0.3) is 10.9 Å². The first-order valence-corrected chi connectivity index (χ1v) is 6.65. The number of hydrogen-bond donors (Lipinski definition) is 1. The molecule has 1 heterocycles. The molecule has 1 aromatic heterocycles. The second kappa shape index (κ2) is 4.19. The van der Waals surface area contributed by atoms with Crippen LogP contribution >= 0.6 is 0 Å². The molecule has 0 unspecified atom stereocenters. The summed E-state index contributed by atoms with van der Waals surface area (Å²) in [4.78, 5) is 5.98. The van der Waals surface area contributed by atoms with E-state index in [1.807, 2.05) is 0 Å². The van der Waals surface area contributed by atoms with Gasteiger partial charge < -0.3 is 9.88 Å². The number of aromatic nitrogens is 1. The molecule has 0 fully saturated rings. The van der Waals surface area contributed by atoms with Gasteiger partial charge in [0.25, 0.3) is 0 Å². The van der Waals surface area contributed by atoms with Crippen molar-refractivity contribution < 1.29 is 0 Å². The predicted octanol–water partition coefficient (Wildman–Crippen LogP) is 2.98. The average Bonchev–Trinajstić information content (AvgIpc) is 2.76. The Bertz CT molecular complexity index is 523. The standard InChI is InChI=1S/C15H20N2/c1-3-17(4-2)13-8-11-6-5-7-14-15(11)12(9-13)10-16-14/h5-7,10,13,16H,3-4,8-9H2,1-2H3/t13-/m1/s1. The van der Waals surface area contributed by atoms with Crippen LogP contribution in [-0.2, 0) is 12.8 Å². The first kappa shape index (κ1) is 10.8. The number of rotatable bonds is 3. The largest absolute Gasteiger partial charge is 0.361 e. The van der Waals surface area contributed by atoms with Gasteiger partial charge in [0.05, 0.1) is 0 Å². The van der Waals surface area contributed by atoms with Gasteiger partial charge in [-0.05, 0) is 43.1 Å². The Labute approximate surface area is 103 Å². The third-order valence-corrected chi connectivity index (χ3v) is 4.11. The Morgan fingerprint density at radius 3 is 2.71 bits per heavy atom. The molecule has 3 rings (SSSR count). The van der Waals surface area contributed by atoms with Crippen molar-refractivity contribution >= 4 is 10.9 Å². The molecule has 0 saturated carbocycles. The van der Waals surface area contributed by atoms with E-state index in [9.17, 15) is 0 Å². The van der Waals surface area contributed by atoms with E-state index < -0.39 is 0 Å². The summed E-state index contributed by atoms with van der Waals surface area (Å²) in [5.41, 5.74) is 4.32. The van der Waals surface area contributed by atoms with Crippen LogP contribution in [0.3, 0.4) is 0 Å². The van der Waals surface area contributed by atoms with E-state index in [1.54, 1.807) is 0 Å². The number of benzene rings is 1. The van der Waals surface area contributed by atoms with E-state index in [0.717, 1.165) is 13.1 Å². The molecule has 1 aromatic carbocycles. The van der Waals surface area contributed by atoms with Gasteiger partial charge in [-0.1, -0.05) is 26.0 Å². The average molecular weight is 228 g/mol. The number of aromatic amines is 1. The molecule has 0 saturated heterocycles. The Morgan fingerprint density at radius 2 is 1.94 bits per heavy atom. The van der Waals surface area contributed by atoms with Crippen LogP contribution in [0.2, 0.25) is 0 Å². The smallest absolute Gasteiger partial charge is 0.0459 e. The normalized spacial score (nSPS) is 19.1. The maximum Gasteiger partial charge on any atom is 0.0459 e. The molecule has 1 aliphatic carbocycles. The van der Waals surface area contributed by atoms with Crippen molar-refractivity contribution in [2.75, 3.05) is 13.1 Å². The Balaban J connectivity index is 2.01. The highest BCUT2D eigenvalue weighted by atomic mass is 15.1. The maximum atomic E-state index is 3.40. The minimum absolute atomic E-state index is 0.680. The zero-order valence-corrected chi connectivity index (χ0v) is 10.7. The molecule has 1 atom stereocenters. The molecule has 0 amide bonds. The molecule has 0 aliphatic heterocycles. The van der Waals surface area contributed by atoms with Crippen LogP contribution in [0.15, 0.2) is 24.4 Å². The molecule has 0 bridgehead atoms. The zero-order valence-electron chi connectivity index (χ0n) is 10.7. The first-order valence-electron chi connectivity index (χ1n) is 6.65. The molecular formula is C15H20N2. The molecule has 2 aromatic rings. The van der Waals surface area contributed by atoms with Gasteiger partial charge in [0.2, 0.25) is 0 Å². The van der Waals surface area contributed by atoms with Gasteiger partial charge in [0.15, 0.2) is 0 Å². The molecule has 2 nitrogen and oxygen atoms in total. The van der Waals surface area contributed by atoms with Crippen molar-refractivity contribution in [1.29, 1.82) is 0 Å². The van der Waals surface area contributed by atoms with E-state index in [2.05, 4.69) is 48.1 Å². The summed E-state index contributed by atoms with van der Waals surface area (Å²) in [5, 5.41) is 1.48. The lowest BCUT2D eigenvalue weighted by Crippen LogP contribution is -2.39. The molecular weight excluding hydrogens is 208 g/mol. The molecule has 0 radical (unpaired) electrons. The molecule has 1 aliphatic rings. The van der Waals surface area contributed by atoms with E-state index in [1.165, 1.54) is 34.9 Å². The van der Waals surface area contributed by atoms with Gasteiger partial charge in [0, 0.05) is 23.1 Å². The van der Waals surface area contributed by atoms with Crippen molar-refractivity contribution in [3.05, 3.63) is 35.5 Å². The molecule has 17 heavy (non-hydrogen) atoms. The van der Waals surface area contributed by atoms with E-state index in [0.29, 0.717) is 6.04 Å². The highest BCUT2D eigenvalue weighted by Gasteiger charge is 2.24. The van der Waals surface area contributed by atoms with E-state index in [-0.39, 0.29) is 0 Å². The van der Waals surface area contributed by atoms with Crippen molar-refractivity contribution in [2.24, 2.45) is 0 Å². The summed E-state index contributed by atoms with van der Waals surface area (Å²) in [7, 11) is 0. The SMILES string of the molecule is CCN(CC)[C@@H]1Cc2cccc3[nH]cc(c23)C1. The monoisotopic (exact) mass is 228 g/mol. The quantitative estimate of drug-likeness (QED) is 0.855. The van der Waals surface area contributed by atoms with Gasteiger partial charge in [-0.15, -0.1) is 0 Å². The molecule has 1 N–H and O–H groups in total. The number of H-pyrrole nitrogens is 1. The number of likely N-dealkylation sites (N-methyl/N-ethyl adjacent to an activating group) is 1. The third kappa shape index (κ3) is 1.67. The summed E-state index contributed by atoms with van der Waals surface area (Å²) in [6, 6.07) is 7.32. The molecule has 2 heteroatoms. The van der Waals surface area contributed by atoms with Crippen LogP contribution in [0.1, 0.15) is 25.0 Å². The predicted molar refractivity (Wildman–Crippen MR) is 72.4 cm³/mol. The first-order chi connectivity index (χ1) is 8.33. The van der Waals surface area contributed by atoms with Crippen LogP contribution in [-0.4, -0.2) is 29.0 Å². The summed E-state index contributed by atoms with van der Waals surface area (Å²) in [6.07, 6.45) is 4.59. The van der Waals surface area contributed by atoms with Gasteiger partial charge in [-0.25, -0.2) is 0 Å². The summed E-state index contributed by atoms with van der Waals surface area (Å²) in [6.45, 7) is 6.82. The van der Waals surface area contributed by atoms with Crippen molar-refractivity contribution in [2.45, 2.75) is 32.7 Å². The van der Waals surface area contributed by atoms with Gasteiger partial charge in [0.1, 0.15) is 0 Å². The van der Waals surface area contributed by atoms with Crippen LogP contribution < -0.4 is 0 Å². The Hall–Kier alpha value is -1.28. The van der Waals surface area contributed by atoms with Crippen LogP contribution in [0, 0.1) is 0 Å². The fourth-order valence-electron chi connectivity index (χ4n) is 3.25. The third-order valence-electron chi connectivity index (χ3n) is 4.11. The second-order valence-corrected chi connectivity index (χ2v) is 4.94. The second-order valence-electron chi connectivity index (χ2n) is 4.94.